The van der Waals surface area contributed by atoms with E-state index in [1.807, 2.05) is 6.07 Å². The van der Waals surface area contributed by atoms with Crippen LogP contribution in [0.4, 0.5) is 0 Å². The maximum Gasteiger partial charge on any atom is 0.154 e. The minimum absolute atomic E-state index is 0.190. The standard InChI is InChI=1S/C15H23Cl2NO2S/c1-5-8-18-14(15(2,3)21(4,19)20)10-11-6-7-12(16)13(17)9-11/h6-7,9,14,18H,5,8,10H2,1-4H3. The number of hydrogen-bond acceptors (Lipinski definition) is 3. The van der Waals surface area contributed by atoms with Gasteiger partial charge in [0.15, 0.2) is 9.84 Å². The van der Waals surface area contributed by atoms with Gasteiger partial charge in [-0.2, -0.15) is 0 Å². The van der Waals surface area contributed by atoms with Gasteiger partial charge in [-0.15, -0.1) is 0 Å². The predicted octanol–water partition coefficient (Wildman–Crippen LogP) is 3.73. The van der Waals surface area contributed by atoms with Crippen molar-refractivity contribution in [3.05, 3.63) is 33.8 Å². The number of halogens is 2. The zero-order valence-corrected chi connectivity index (χ0v) is 15.2. The SMILES string of the molecule is CCCNC(Cc1ccc(Cl)c(Cl)c1)C(C)(C)S(C)(=O)=O. The van der Waals surface area contributed by atoms with Gasteiger partial charge < -0.3 is 5.32 Å². The molecule has 0 aliphatic carbocycles. The van der Waals surface area contributed by atoms with E-state index in [2.05, 4.69) is 12.2 Å². The Bertz CT molecular complexity index is 585. The molecule has 21 heavy (non-hydrogen) atoms. The van der Waals surface area contributed by atoms with Crippen LogP contribution in [0.3, 0.4) is 0 Å². The van der Waals surface area contributed by atoms with E-state index in [9.17, 15) is 8.42 Å². The molecule has 3 nitrogen and oxygen atoms in total. The quantitative estimate of drug-likeness (QED) is 0.813. The summed E-state index contributed by atoms with van der Waals surface area (Å²) in [5.41, 5.74) is 0.967. The fourth-order valence-corrected chi connectivity index (χ4v) is 3.05. The van der Waals surface area contributed by atoms with Crippen molar-refractivity contribution in [3.8, 4) is 0 Å². The third-order valence-corrected chi connectivity index (χ3v) is 6.79. The summed E-state index contributed by atoms with van der Waals surface area (Å²) in [7, 11) is -3.19. The van der Waals surface area contributed by atoms with Crippen molar-refractivity contribution >= 4 is 33.0 Å². The number of benzene rings is 1. The maximum absolute atomic E-state index is 12.1. The molecule has 0 radical (unpaired) electrons. The Morgan fingerprint density at radius 1 is 1.24 bits per heavy atom. The van der Waals surface area contributed by atoms with Gasteiger partial charge in [0.25, 0.3) is 0 Å². The highest BCUT2D eigenvalue weighted by molar-refractivity contribution is 7.92. The fraction of sp³-hybridized carbons (Fsp3) is 0.600. The van der Waals surface area contributed by atoms with E-state index in [0.717, 1.165) is 18.5 Å². The first kappa shape index (κ1) is 18.8. The van der Waals surface area contributed by atoms with Crippen LogP contribution in [-0.4, -0.2) is 32.0 Å². The summed E-state index contributed by atoms with van der Waals surface area (Å²) < 4.78 is 23.3. The van der Waals surface area contributed by atoms with E-state index in [0.29, 0.717) is 16.5 Å². The van der Waals surface area contributed by atoms with E-state index >= 15 is 0 Å². The molecule has 1 N–H and O–H groups in total. The third kappa shape index (κ3) is 4.85. The Labute approximate surface area is 137 Å². The highest BCUT2D eigenvalue weighted by Gasteiger charge is 2.38. The summed E-state index contributed by atoms with van der Waals surface area (Å²) in [6.07, 6.45) is 2.80. The molecule has 0 fully saturated rings. The second-order valence-electron chi connectivity index (χ2n) is 5.83. The van der Waals surface area contributed by atoms with Gasteiger partial charge in [-0.05, 0) is 50.9 Å². The number of rotatable bonds is 7. The van der Waals surface area contributed by atoms with Crippen LogP contribution < -0.4 is 5.32 Å². The van der Waals surface area contributed by atoms with E-state index in [1.54, 1.807) is 26.0 Å². The van der Waals surface area contributed by atoms with Gasteiger partial charge in [0.05, 0.1) is 14.8 Å². The Morgan fingerprint density at radius 2 is 1.86 bits per heavy atom. The molecule has 0 aliphatic rings. The molecular weight excluding hydrogens is 329 g/mol. The Morgan fingerprint density at radius 3 is 2.33 bits per heavy atom. The van der Waals surface area contributed by atoms with Crippen molar-refractivity contribution in [2.45, 2.75) is 44.4 Å². The van der Waals surface area contributed by atoms with Gasteiger partial charge >= 0.3 is 0 Å². The summed E-state index contributed by atoms with van der Waals surface area (Å²) in [6.45, 7) is 6.34. The largest absolute Gasteiger partial charge is 0.312 e. The fourth-order valence-electron chi connectivity index (χ4n) is 2.04. The molecule has 0 aliphatic heterocycles. The van der Waals surface area contributed by atoms with Crippen molar-refractivity contribution in [2.75, 3.05) is 12.8 Å². The van der Waals surface area contributed by atoms with Crippen LogP contribution in [0.15, 0.2) is 18.2 Å². The second-order valence-corrected chi connectivity index (χ2v) is 9.25. The zero-order chi connectivity index (χ0) is 16.3. The van der Waals surface area contributed by atoms with Crippen LogP contribution in [0.5, 0.6) is 0 Å². The van der Waals surface area contributed by atoms with Crippen molar-refractivity contribution in [1.29, 1.82) is 0 Å². The molecule has 1 unspecified atom stereocenters. The Balaban J connectivity index is 3.05. The van der Waals surface area contributed by atoms with Crippen LogP contribution in [-0.2, 0) is 16.3 Å². The van der Waals surface area contributed by atoms with Crippen molar-refractivity contribution in [3.63, 3.8) is 0 Å². The molecule has 120 valence electrons. The lowest BCUT2D eigenvalue weighted by molar-refractivity contribution is 0.406. The van der Waals surface area contributed by atoms with Gasteiger partial charge in [0, 0.05) is 12.3 Å². The molecule has 0 heterocycles. The molecule has 0 aromatic heterocycles. The molecule has 0 saturated carbocycles. The molecule has 0 saturated heterocycles. The van der Waals surface area contributed by atoms with E-state index in [-0.39, 0.29) is 6.04 Å². The van der Waals surface area contributed by atoms with Crippen LogP contribution in [0.25, 0.3) is 0 Å². The molecular formula is C15H23Cl2NO2S. The minimum Gasteiger partial charge on any atom is -0.312 e. The van der Waals surface area contributed by atoms with Crippen molar-refractivity contribution in [1.82, 2.24) is 5.32 Å². The molecule has 1 aromatic rings. The van der Waals surface area contributed by atoms with Gasteiger partial charge in [0.2, 0.25) is 0 Å². The van der Waals surface area contributed by atoms with Crippen LogP contribution in [0, 0.1) is 0 Å². The van der Waals surface area contributed by atoms with Crippen LogP contribution in [0.1, 0.15) is 32.8 Å². The first-order chi connectivity index (χ1) is 9.59. The average molecular weight is 352 g/mol. The van der Waals surface area contributed by atoms with Gasteiger partial charge in [-0.1, -0.05) is 36.2 Å². The number of nitrogens with one attached hydrogen (secondary N) is 1. The monoisotopic (exact) mass is 351 g/mol. The first-order valence-corrected chi connectivity index (χ1v) is 9.61. The number of hydrogen-bond donors (Lipinski definition) is 1. The third-order valence-electron chi connectivity index (χ3n) is 3.86. The second kappa shape index (κ2) is 7.32. The van der Waals surface area contributed by atoms with E-state index < -0.39 is 14.6 Å². The minimum atomic E-state index is -3.19. The average Bonchev–Trinajstić information content (AvgIpc) is 2.37. The summed E-state index contributed by atoms with van der Waals surface area (Å²) in [4.78, 5) is 0. The molecule has 1 atom stereocenters. The van der Waals surface area contributed by atoms with Gasteiger partial charge in [-0.25, -0.2) is 8.42 Å². The smallest absolute Gasteiger partial charge is 0.154 e. The normalized spacial score (nSPS) is 14.2. The molecule has 1 rings (SSSR count). The predicted molar refractivity (Wildman–Crippen MR) is 91.2 cm³/mol. The highest BCUT2D eigenvalue weighted by atomic mass is 35.5. The Hall–Kier alpha value is -0.290. The molecule has 0 bridgehead atoms. The van der Waals surface area contributed by atoms with Crippen molar-refractivity contribution < 1.29 is 8.42 Å². The highest BCUT2D eigenvalue weighted by Crippen LogP contribution is 2.27. The first-order valence-electron chi connectivity index (χ1n) is 6.96. The lowest BCUT2D eigenvalue weighted by atomic mass is 9.95. The summed E-state index contributed by atoms with van der Waals surface area (Å²) in [5.74, 6) is 0. The van der Waals surface area contributed by atoms with E-state index in [4.69, 9.17) is 23.2 Å². The summed E-state index contributed by atoms with van der Waals surface area (Å²) >= 11 is 12.0. The summed E-state index contributed by atoms with van der Waals surface area (Å²) in [6, 6.07) is 5.23. The topological polar surface area (TPSA) is 46.2 Å². The molecule has 0 amide bonds. The van der Waals surface area contributed by atoms with Gasteiger partial charge in [0.1, 0.15) is 0 Å². The lowest BCUT2D eigenvalue weighted by Crippen LogP contribution is -2.52. The molecule has 0 spiro atoms. The van der Waals surface area contributed by atoms with Crippen LogP contribution >= 0.6 is 23.2 Å². The van der Waals surface area contributed by atoms with Crippen molar-refractivity contribution in [2.24, 2.45) is 0 Å². The lowest BCUT2D eigenvalue weighted by Gasteiger charge is -2.33. The molecule has 1 aromatic carbocycles. The van der Waals surface area contributed by atoms with Crippen LogP contribution in [0.2, 0.25) is 10.0 Å². The Kier molecular flexibility index (Phi) is 6.54. The van der Waals surface area contributed by atoms with Gasteiger partial charge in [-0.3, -0.25) is 0 Å². The maximum atomic E-state index is 12.1. The number of sulfone groups is 1. The molecule has 6 heteroatoms. The van der Waals surface area contributed by atoms with E-state index in [1.165, 1.54) is 6.26 Å². The summed E-state index contributed by atoms with van der Waals surface area (Å²) in [5, 5.41) is 4.33. The zero-order valence-electron chi connectivity index (χ0n) is 12.9.